The van der Waals surface area contributed by atoms with Crippen LogP contribution in [0.25, 0.3) is 0 Å². The van der Waals surface area contributed by atoms with E-state index in [0.29, 0.717) is 5.16 Å². The zero-order valence-corrected chi connectivity index (χ0v) is 9.69. The van der Waals surface area contributed by atoms with Gasteiger partial charge < -0.3 is 5.73 Å². The molecule has 0 bridgehead atoms. The van der Waals surface area contributed by atoms with Crippen LogP contribution in [0.15, 0.2) is 47.0 Å². The van der Waals surface area contributed by atoms with Gasteiger partial charge in [-0.2, -0.15) is 0 Å². The van der Waals surface area contributed by atoms with Crippen molar-refractivity contribution in [2.24, 2.45) is 5.73 Å². The van der Waals surface area contributed by atoms with Gasteiger partial charge in [0.25, 0.3) is 0 Å². The largest absolute Gasteiger partial charge is 0.324 e. The van der Waals surface area contributed by atoms with E-state index < -0.39 is 0 Å². The van der Waals surface area contributed by atoms with Gasteiger partial charge in [-0.3, -0.25) is 0 Å². The molecular formula is C11H12N4S. The fourth-order valence-corrected chi connectivity index (χ4v) is 1.92. The summed E-state index contributed by atoms with van der Waals surface area (Å²) in [5.41, 5.74) is 6.87. The maximum atomic E-state index is 5.81. The molecule has 0 saturated carbocycles. The Hall–Kier alpha value is -1.46. The van der Waals surface area contributed by atoms with Crippen molar-refractivity contribution in [2.45, 2.75) is 23.1 Å². The van der Waals surface area contributed by atoms with Gasteiger partial charge in [0.1, 0.15) is 5.03 Å². The first-order valence-corrected chi connectivity index (χ1v) is 5.74. The number of aromatic nitrogens is 3. The van der Waals surface area contributed by atoms with E-state index in [0.717, 1.165) is 10.6 Å². The molecule has 0 radical (unpaired) electrons. The third kappa shape index (κ3) is 2.77. The molecule has 2 rings (SSSR count). The van der Waals surface area contributed by atoms with E-state index in [-0.39, 0.29) is 6.04 Å². The highest BCUT2D eigenvalue weighted by Gasteiger charge is 2.04. The summed E-state index contributed by atoms with van der Waals surface area (Å²) in [6, 6.07) is 5.68. The summed E-state index contributed by atoms with van der Waals surface area (Å²) in [5.74, 6) is 0. The summed E-state index contributed by atoms with van der Waals surface area (Å²) in [6.07, 6.45) is 5.18. The first-order valence-electron chi connectivity index (χ1n) is 4.92. The normalized spacial score (nSPS) is 12.4. The summed E-state index contributed by atoms with van der Waals surface area (Å²) >= 11 is 1.43. The molecule has 0 saturated heterocycles. The van der Waals surface area contributed by atoms with Crippen molar-refractivity contribution in [1.82, 2.24) is 15.0 Å². The molecule has 0 amide bonds. The topological polar surface area (TPSA) is 64.7 Å². The molecule has 4 nitrogen and oxygen atoms in total. The molecule has 2 aromatic heterocycles. The Morgan fingerprint density at radius 1 is 1.19 bits per heavy atom. The minimum absolute atomic E-state index is 0.0130. The number of hydrogen-bond donors (Lipinski definition) is 1. The van der Waals surface area contributed by atoms with E-state index in [2.05, 4.69) is 15.0 Å². The predicted molar refractivity (Wildman–Crippen MR) is 63.0 cm³/mol. The first kappa shape index (κ1) is 11.0. The van der Waals surface area contributed by atoms with Gasteiger partial charge in [-0.15, -0.1) is 0 Å². The Morgan fingerprint density at radius 2 is 1.94 bits per heavy atom. The second-order valence-electron chi connectivity index (χ2n) is 3.35. The molecule has 0 spiro atoms. The van der Waals surface area contributed by atoms with Crippen molar-refractivity contribution in [2.75, 3.05) is 0 Å². The van der Waals surface area contributed by atoms with Crippen LogP contribution in [0.2, 0.25) is 0 Å². The van der Waals surface area contributed by atoms with Crippen LogP contribution in [0, 0.1) is 0 Å². The molecule has 0 aromatic carbocycles. The Bertz CT molecular complexity index is 459. The maximum Gasteiger partial charge on any atom is 0.193 e. The fourth-order valence-electron chi connectivity index (χ4n) is 1.20. The molecule has 0 aliphatic carbocycles. The molecule has 1 unspecified atom stereocenters. The Kier molecular flexibility index (Phi) is 3.48. The van der Waals surface area contributed by atoms with E-state index in [1.165, 1.54) is 11.8 Å². The SMILES string of the molecule is CC(N)c1ccnc(Sc2ncccn2)c1. The van der Waals surface area contributed by atoms with Crippen LogP contribution in [0.1, 0.15) is 18.5 Å². The van der Waals surface area contributed by atoms with Gasteiger partial charge in [-0.05, 0) is 42.4 Å². The van der Waals surface area contributed by atoms with Crippen LogP contribution in [0.4, 0.5) is 0 Å². The van der Waals surface area contributed by atoms with Gasteiger partial charge in [0, 0.05) is 24.6 Å². The minimum Gasteiger partial charge on any atom is -0.324 e. The Balaban J connectivity index is 2.19. The monoisotopic (exact) mass is 232 g/mol. The van der Waals surface area contributed by atoms with Crippen molar-refractivity contribution < 1.29 is 0 Å². The molecule has 1 atom stereocenters. The van der Waals surface area contributed by atoms with Crippen LogP contribution in [0.5, 0.6) is 0 Å². The van der Waals surface area contributed by atoms with Crippen molar-refractivity contribution in [3.8, 4) is 0 Å². The van der Waals surface area contributed by atoms with Crippen LogP contribution in [-0.4, -0.2) is 15.0 Å². The molecule has 2 N–H and O–H groups in total. The van der Waals surface area contributed by atoms with E-state index in [1.54, 1.807) is 24.7 Å². The summed E-state index contributed by atoms with van der Waals surface area (Å²) in [7, 11) is 0. The quantitative estimate of drug-likeness (QED) is 0.820. The highest BCUT2D eigenvalue weighted by molar-refractivity contribution is 7.99. The molecule has 82 valence electrons. The average molecular weight is 232 g/mol. The van der Waals surface area contributed by atoms with Crippen LogP contribution in [-0.2, 0) is 0 Å². The lowest BCUT2D eigenvalue weighted by Gasteiger charge is -2.06. The third-order valence-electron chi connectivity index (χ3n) is 2.02. The summed E-state index contributed by atoms with van der Waals surface area (Å²) in [5, 5.41) is 1.55. The summed E-state index contributed by atoms with van der Waals surface area (Å²) < 4.78 is 0. The molecule has 0 fully saturated rings. The van der Waals surface area contributed by atoms with Crippen LogP contribution < -0.4 is 5.73 Å². The number of nitrogens with two attached hydrogens (primary N) is 1. The smallest absolute Gasteiger partial charge is 0.193 e. The summed E-state index contributed by atoms with van der Waals surface area (Å²) in [6.45, 7) is 1.95. The highest BCUT2D eigenvalue weighted by atomic mass is 32.2. The van der Waals surface area contributed by atoms with Crippen LogP contribution in [0.3, 0.4) is 0 Å². The lowest BCUT2D eigenvalue weighted by Crippen LogP contribution is -2.05. The fraction of sp³-hybridized carbons (Fsp3) is 0.182. The molecule has 16 heavy (non-hydrogen) atoms. The van der Waals surface area contributed by atoms with Crippen molar-refractivity contribution in [1.29, 1.82) is 0 Å². The van der Waals surface area contributed by atoms with Crippen molar-refractivity contribution >= 4 is 11.8 Å². The van der Waals surface area contributed by atoms with Gasteiger partial charge in [0.15, 0.2) is 5.16 Å². The van der Waals surface area contributed by atoms with Crippen molar-refractivity contribution in [3.05, 3.63) is 42.4 Å². The predicted octanol–water partition coefficient (Wildman–Crippen LogP) is 2.04. The number of rotatable bonds is 3. The number of hydrogen-bond acceptors (Lipinski definition) is 5. The molecular weight excluding hydrogens is 220 g/mol. The molecule has 5 heteroatoms. The highest BCUT2D eigenvalue weighted by Crippen LogP contribution is 2.23. The van der Waals surface area contributed by atoms with Crippen molar-refractivity contribution in [3.63, 3.8) is 0 Å². The first-order chi connectivity index (χ1) is 7.75. The zero-order chi connectivity index (χ0) is 11.4. The van der Waals surface area contributed by atoms with Gasteiger partial charge in [-0.1, -0.05) is 0 Å². The zero-order valence-electron chi connectivity index (χ0n) is 8.87. The minimum atomic E-state index is 0.0130. The lowest BCUT2D eigenvalue weighted by atomic mass is 10.1. The number of pyridine rings is 1. The summed E-state index contributed by atoms with van der Waals surface area (Å²) in [4.78, 5) is 12.5. The van der Waals surface area contributed by atoms with E-state index in [1.807, 2.05) is 19.1 Å². The van der Waals surface area contributed by atoms with Crippen LogP contribution >= 0.6 is 11.8 Å². The van der Waals surface area contributed by atoms with E-state index in [9.17, 15) is 0 Å². The molecule has 0 aliphatic rings. The third-order valence-corrected chi connectivity index (χ3v) is 2.85. The second kappa shape index (κ2) is 5.05. The van der Waals surface area contributed by atoms with E-state index >= 15 is 0 Å². The average Bonchev–Trinajstić information content (AvgIpc) is 2.30. The number of nitrogens with zero attached hydrogens (tertiary/aromatic N) is 3. The Morgan fingerprint density at radius 3 is 2.62 bits per heavy atom. The van der Waals surface area contributed by atoms with E-state index in [4.69, 9.17) is 5.73 Å². The van der Waals surface area contributed by atoms with Gasteiger partial charge >= 0.3 is 0 Å². The van der Waals surface area contributed by atoms with Gasteiger partial charge in [0.2, 0.25) is 0 Å². The van der Waals surface area contributed by atoms with Gasteiger partial charge in [-0.25, -0.2) is 15.0 Å². The second-order valence-corrected chi connectivity index (χ2v) is 4.34. The lowest BCUT2D eigenvalue weighted by molar-refractivity contribution is 0.807. The molecule has 2 heterocycles. The standard InChI is InChI=1S/C11H12N4S/c1-8(12)9-3-6-13-10(7-9)16-11-14-4-2-5-15-11/h2-8H,12H2,1H3. The molecule has 0 aliphatic heterocycles. The molecule has 2 aromatic rings. The van der Waals surface area contributed by atoms with Gasteiger partial charge in [0.05, 0.1) is 0 Å². The maximum absolute atomic E-state index is 5.81. The Labute approximate surface area is 98.3 Å².